The first-order valence-electron chi connectivity index (χ1n) is 12.7. The van der Waals surface area contributed by atoms with Gasteiger partial charge in [0.1, 0.15) is 12.5 Å². The van der Waals surface area contributed by atoms with Gasteiger partial charge in [-0.1, -0.05) is 26.0 Å². The van der Waals surface area contributed by atoms with Gasteiger partial charge in [0.2, 0.25) is 0 Å². The molecule has 0 N–H and O–H groups in total. The average Bonchev–Trinajstić information content (AvgIpc) is 3.16. The Kier molecular flexibility index (Phi) is 11.5. The van der Waals surface area contributed by atoms with Crippen molar-refractivity contribution in [3.63, 3.8) is 0 Å². The first kappa shape index (κ1) is 28.6. The normalized spacial score (nSPS) is 16.2. The molecule has 2 aromatic rings. The molecule has 3 heterocycles. The minimum absolute atomic E-state index is 0.254. The number of nitrogens with zero attached hydrogens (tertiary/aromatic N) is 4. The minimum Gasteiger partial charge on any atom is -0.478 e. The first-order valence-corrected chi connectivity index (χ1v) is 12.7. The van der Waals surface area contributed by atoms with Crippen LogP contribution in [0.4, 0.5) is 0 Å². The van der Waals surface area contributed by atoms with Crippen molar-refractivity contribution < 1.29 is 14.3 Å². The number of hydrogen-bond acceptors (Lipinski definition) is 6. The smallest absolute Gasteiger partial charge is 0.340 e. The maximum atomic E-state index is 13.2. The Morgan fingerprint density at radius 1 is 1.11 bits per heavy atom. The molecule has 4 rings (SSSR count). The van der Waals surface area contributed by atoms with E-state index in [4.69, 9.17) is 9.47 Å². The van der Waals surface area contributed by atoms with Gasteiger partial charge in [-0.3, -0.25) is 9.80 Å². The van der Waals surface area contributed by atoms with Crippen LogP contribution in [0.2, 0.25) is 0 Å². The number of rotatable bonds is 6. The van der Waals surface area contributed by atoms with E-state index in [1.54, 1.807) is 6.08 Å². The van der Waals surface area contributed by atoms with Crippen molar-refractivity contribution in [2.24, 2.45) is 0 Å². The zero-order chi connectivity index (χ0) is 26.0. The highest BCUT2D eigenvalue weighted by Crippen LogP contribution is 2.38. The van der Waals surface area contributed by atoms with Gasteiger partial charge in [-0.05, 0) is 40.1 Å². The standard InChI is InChI=1S/C23H32N4O3.C3H6.C2H6/c1-5-9-27-18-7-8-20-17(14-25(4)16-30-20)21(18)22(23(28)29-6-2)19(27)15-26-12-10-24(3)11-13-26;1-3-2;1-2/h5,7-8H,1,6,9-16H2,2-4H3;3H,1H2,2H3;1-2H3. The van der Waals surface area contributed by atoms with E-state index in [2.05, 4.69) is 45.5 Å². The van der Waals surface area contributed by atoms with Crippen molar-refractivity contribution in [1.82, 2.24) is 19.3 Å². The number of carbonyl (C=O) groups is 1. The van der Waals surface area contributed by atoms with E-state index in [1.807, 2.05) is 46.9 Å². The molecule has 2 aliphatic heterocycles. The molecule has 0 radical (unpaired) electrons. The van der Waals surface area contributed by atoms with Crippen molar-refractivity contribution >= 4 is 16.9 Å². The summed E-state index contributed by atoms with van der Waals surface area (Å²) in [5, 5.41) is 0.962. The maximum Gasteiger partial charge on any atom is 0.340 e. The molecule has 0 unspecified atom stereocenters. The molecule has 0 bridgehead atoms. The monoisotopic (exact) mass is 484 g/mol. The van der Waals surface area contributed by atoms with Crippen LogP contribution in [0, 0.1) is 0 Å². The third-order valence-corrected chi connectivity index (χ3v) is 6.03. The Morgan fingerprint density at radius 3 is 2.37 bits per heavy atom. The number of allylic oxidation sites excluding steroid dienone is 2. The molecule has 1 aromatic carbocycles. The zero-order valence-corrected chi connectivity index (χ0v) is 22.6. The lowest BCUT2D eigenvalue weighted by atomic mass is 10.0. The van der Waals surface area contributed by atoms with E-state index in [1.165, 1.54) is 0 Å². The lowest BCUT2D eigenvalue weighted by Gasteiger charge is -2.32. The van der Waals surface area contributed by atoms with Crippen molar-refractivity contribution in [2.45, 2.75) is 47.3 Å². The SMILES string of the molecule is C=CC.C=CCn1c(CN2CCN(C)CC2)c(C(=O)OCC)c2c3c(ccc21)OCN(C)C3.CC. The lowest BCUT2D eigenvalue weighted by Crippen LogP contribution is -2.44. The number of likely N-dealkylation sites (N-methyl/N-ethyl adjacent to an activating group) is 1. The summed E-state index contributed by atoms with van der Waals surface area (Å²) in [5.41, 5.74) is 3.80. The highest BCUT2D eigenvalue weighted by atomic mass is 16.5. The Morgan fingerprint density at radius 2 is 1.77 bits per heavy atom. The predicted molar refractivity (Wildman–Crippen MR) is 145 cm³/mol. The second-order valence-electron chi connectivity index (χ2n) is 8.65. The minimum atomic E-state index is -0.254. The molecule has 2 aliphatic rings. The summed E-state index contributed by atoms with van der Waals surface area (Å²) in [4.78, 5) is 20.1. The van der Waals surface area contributed by atoms with Crippen LogP contribution in [0.1, 0.15) is 49.3 Å². The van der Waals surface area contributed by atoms with E-state index in [0.29, 0.717) is 25.4 Å². The van der Waals surface area contributed by atoms with Crippen LogP contribution in [0.15, 0.2) is 37.4 Å². The van der Waals surface area contributed by atoms with Gasteiger partial charge >= 0.3 is 5.97 Å². The number of fused-ring (bicyclic) bond motifs is 3. The van der Waals surface area contributed by atoms with Crippen LogP contribution >= 0.6 is 0 Å². The molecule has 1 aromatic heterocycles. The summed E-state index contributed by atoms with van der Waals surface area (Å²) in [6.07, 6.45) is 3.64. The van der Waals surface area contributed by atoms with Crippen LogP contribution in [-0.2, 0) is 24.4 Å². The van der Waals surface area contributed by atoms with Crippen molar-refractivity contribution in [3.8, 4) is 5.75 Å². The van der Waals surface area contributed by atoms with E-state index in [9.17, 15) is 4.79 Å². The fraction of sp³-hybridized carbons (Fsp3) is 0.536. The van der Waals surface area contributed by atoms with Crippen LogP contribution in [0.3, 0.4) is 0 Å². The molecule has 7 nitrogen and oxygen atoms in total. The van der Waals surface area contributed by atoms with Crippen molar-refractivity contribution in [1.29, 1.82) is 0 Å². The second kappa shape index (κ2) is 14.1. The number of carbonyl (C=O) groups excluding carboxylic acids is 1. The predicted octanol–water partition coefficient (Wildman–Crippen LogP) is 4.75. The molecule has 194 valence electrons. The molecule has 1 fully saturated rings. The molecular formula is C28H44N4O3. The third kappa shape index (κ3) is 6.75. The Labute approximate surface area is 211 Å². The van der Waals surface area contributed by atoms with E-state index < -0.39 is 0 Å². The second-order valence-corrected chi connectivity index (χ2v) is 8.65. The number of esters is 1. The summed E-state index contributed by atoms with van der Waals surface area (Å²) >= 11 is 0. The van der Waals surface area contributed by atoms with Gasteiger partial charge in [0, 0.05) is 62.5 Å². The molecule has 7 heteroatoms. The first-order chi connectivity index (χ1) is 16.9. The van der Waals surface area contributed by atoms with E-state index in [-0.39, 0.29) is 5.97 Å². The molecule has 0 atom stereocenters. The molecule has 0 aliphatic carbocycles. The average molecular weight is 485 g/mol. The Balaban J connectivity index is 0.000000803. The highest BCUT2D eigenvalue weighted by Gasteiger charge is 2.30. The van der Waals surface area contributed by atoms with Crippen LogP contribution in [0.25, 0.3) is 10.9 Å². The van der Waals surface area contributed by atoms with Crippen molar-refractivity contribution in [3.05, 3.63) is 54.3 Å². The van der Waals surface area contributed by atoms with Gasteiger partial charge in [-0.2, -0.15) is 0 Å². The summed E-state index contributed by atoms with van der Waals surface area (Å²) in [6, 6.07) is 4.10. The Hall–Kier alpha value is -2.61. The largest absolute Gasteiger partial charge is 0.478 e. The molecule has 0 saturated carbocycles. The Bertz CT molecular complexity index is 990. The highest BCUT2D eigenvalue weighted by molar-refractivity contribution is 6.08. The fourth-order valence-corrected chi connectivity index (χ4v) is 4.48. The van der Waals surface area contributed by atoms with E-state index in [0.717, 1.165) is 67.2 Å². The molecule has 1 saturated heterocycles. The number of piperazine rings is 1. The van der Waals surface area contributed by atoms with Crippen LogP contribution < -0.4 is 4.74 Å². The number of aromatic nitrogens is 1. The topological polar surface area (TPSA) is 50.2 Å². The van der Waals surface area contributed by atoms with Crippen LogP contribution in [0.5, 0.6) is 5.75 Å². The van der Waals surface area contributed by atoms with Gasteiger partial charge < -0.3 is 18.9 Å². The summed E-state index contributed by atoms with van der Waals surface area (Å²) in [7, 11) is 4.18. The molecule has 0 spiro atoms. The quantitative estimate of drug-likeness (QED) is 0.436. The van der Waals surface area contributed by atoms with Crippen LogP contribution in [-0.4, -0.2) is 78.8 Å². The summed E-state index contributed by atoms with van der Waals surface area (Å²) in [5.74, 6) is 0.601. The molecular weight excluding hydrogens is 440 g/mol. The van der Waals surface area contributed by atoms with Gasteiger partial charge in [-0.15, -0.1) is 13.2 Å². The summed E-state index contributed by atoms with van der Waals surface area (Å²) in [6.45, 7) is 22.1. The molecule has 35 heavy (non-hydrogen) atoms. The number of ether oxygens (including phenoxy) is 2. The summed E-state index contributed by atoms with van der Waals surface area (Å²) < 4.78 is 13.7. The third-order valence-electron chi connectivity index (χ3n) is 6.03. The lowest BCUT2D eigenvalue weighted by molar-refractivity contribution is 0.0524. The van der Waals surface area contributed by atoms with Crippen molar-refractivity contribution in [2.75, 3.05) is 53.6 Å². The maximum absolute atomic E-state index is 13.2. The fourth-order valence-electron chi connectivity index (χ4n) is 4.48. The number of hydrogen-bond donors (Lipinski definition) is 0. The molecule has 0 amide bonds. The zero-order valence-electron chi connectivity index (χ0n) is 22.6. The van der Waals surface area contributed by atoms with E-state index >= 15 is 0 Å². The number of benzene rings is 1. The van der Waals surface area contributed by atoms with Gasteiger partial charge in [0.05, 0.1) is 17.7 Å². The van der Waals surface area contributed by atoms with Gasteiger partial charge in [0.25, 0.3) is 0 Å². The van der Waals surface area contributed by atoms with Gasteiger partial charge in [0.15, 0.2) is 0 Å². The van der Waals surface area contributed by atoms with Gasteiger partial charge in [-0.25, -0.2) is 4.79 Å².